The molecule has 0 aromatic carbocycles. The van der Waals surface area contributed by atoms with E-state index in [-0.39, 0.29) is 0 Å². The topological polar surface area (TPSA) is 84.4 Å². The van der Waals surface area contributed by atoms with E-state index in [9.17, 15) is 4.79 Å². The number of carbonyl (C=O) groups is 1. The fraction of sp³-hybridized carbons (Fsp3) is 0.615. The van der Waals surface area contributed by atoms with Crippen molar-refractivity contribution < 1.29 is 4.79 Å². The predicted molar refractivity (Wildman–Crippen MR) is 89.9 cm³/mol. The Hall–Kier alpha value is -0.920. The van der Waals surface area contributed by atoms with E-state index in [0.29, 0.717) is 10.6 Å². The summed E-state index contributed by atoms with van der Waals surface area (Å²) in [5.41, 5.74) is 11.8. The molecule has 5 nitrogen and oxygen atoms in total. The van der Waals surface area contributed by atoms with Crippen molar-refractivity contribution >= 4 is 39.7 Å². The van der Waals surface area contributed by atoms with Gasteiger partial charge >= 0.3 is 0 Å². The lowest BCUT2D eigenvalue weighted by Crippen LogP contribution is -2.29. The summed E-state index contributed by atoms with van der Waals surface area (Å²) in [4.78, 5) is 15.1. The Labute approximate surface area is 129 Å². The smallest absolute Gasteiger partial charge is 0.261 e. The molecule has 1 aromatic rings. The Morgan fingerprint density at radius 1 is 1.40 bits per heavy atom. The van der Waals surface area contributed by atoms with Gasteiger partial charge in [0, 0.05) is 13.1 Å². The van der Waals surface area contributed by atoms with Crippen LogP contribution in [0, 0.1) is 0 Å². The first kappa shape index (κ1) is 17.1. The maximum absolute atomic E-state index is 11.3. The van der Waals surface area contributed by atoms with E-state index in [0.717, 1.165) is 42.5 Å². The molecule has 1 amide bonds. The third-order valence-corrected chi connectivity index (χ3v) is 5.17. The van der Waals surface area contributed by atoms with E-state index in [1.165, 1.54) is 23.1 Å². The van der Waals surface area contributed by atoms with Crippen LogP contribution in [0.4, 0.5) is 10.7 Å². The summed E-state index contributed by atoms with van der Waals surface area (Å²) in [6, 6.07) is 0. The molecule has 1 heterocycles. The van der Waals surface area contributed by atoms with E-state index in [2.05, 4.69) is 24.1 Å². The molecular weight excluding hydrogens is 292 g/mol. The van der Waals surface area contributed by atoms with Crippen LogP contribution >= 0.6 is 23.1 Å². The second-order valence-corrected chi connectivity index (χ2v) is 6.27. The molecule has 1 rings (SSSR count). The minimum atomic E-state index is -0.461. The van der Waals surface area contributed by atoms with Crippen molar-refractivity contribution in [1.29, 1.82) is 0 Å². The third kappa shape index (κ3) is 4.29. The van der Waals surface area contributed by atoms with Crippen LogP contribution in [0.1, 0.15) is 29.9 Å². The normalized spacial score (nSPS) is 11.0. The Bertz CT molecular complexity index is 448. The average molecular weight is 316 g/mol. The molecule has 5 N–H and O–H groups in total. The summed E-state index contributed by atoms with van der Waals surface area (Å²) in [6.45, 7) is 8.30. The lowest BCUT2D eigenvalue weighted by molar-refractivity contribution is 0.100. The molecule has 0 radical (unpaired) electrons. The number of thiophene rings is 1. The predicted octanol–water partition coefficient (Wildman–Crippen LogP) is 2.29. The zero-order valence-corrected chi connectivity index (χ0v) is 14.0. The van der Waals surface area contributed by atoms with Crippen molar-refractivity contribution in [2.45, 2.75) is 25.2 Å². The molecule has 0 saturated carbocycles. The number of nitrogen functional groups attached to an aromatic ring is 1. The average Bonchev–Trinajstić information content (AvgIpc) is 2.74. The molecule has 20 heavy (non-hydrogen) atoms. The number of carbonyl (C=O) groups excluding carboxylic acids is 1. The number of thioether (sulfide) groups is 1. The zero-order valence-electron chi connectivity index (χ0n) is 12.4. The van der Waals surface area contributed by atoms with Crippen LogP contribution in [-0.4, -0.2) is 43.2 Å². The summed E-state index contributed by atoms with van der Waals surface area (Å²) in [5, 5.41) is 4.31. The number of primary amides is 1. The van der Waals surface area contributed by atoms with Crippen LogP contribution in [0.25, 0.3) is 0 Å². The van der Waals surface area contributed by atoms with Gasteiger partial charge in [-0.2, -0.15) is 0 Å². The number of likely N-dealkylation sites (N-methyl/N-ethyl adjacent to an activating group) is 1. The molecule has 7 heteroatoms. The number of nitrogens with two attached hydrogens (primary N) is 2. The van der Waals surface area contributed by atoms with Crippen LogP contribution in [0.3, 0.4) is 0 Å². The lowest BCUT2D eigenvalue weighted by Gasteiger charge is -2.19. The van der Waals surface area contributed by atoms with Gasteiger partial charge in [-0.15, -0.1) is 23.1 Å². The van der Waals surface area contributed by atoms with Crippen molar-refractivity contribution in [2.75, 3.05) is 43.5 Å². The highest BCUT2D eigenvalue weighted by Crippen LogP contribution is 2.41. The van der Waals surface area contributed by atoms with Gasteiger partial charge in [0.2, 0.25) is 0 Å². The second-order valence-electron chi connectivity index (χ2n) is 4.43. The largest absolute Gasteiger partial charge is 0.396 e. The van der Waals surface area contributed by atoms with Gasteiger partial charge in [0.1, 0.15) is 9.88 Å². The monoisotopic (exact) mass is 316 g/mol. The van der Waals surface area contributed by atoms with Gasteiger partial charge in [-0.25, -0.2) is 0 Å². The quantitative estimate of drug-likeness (QED) is 0.609. The van der Waals surface area contributed by atoms with Gasteiger partial charge in [0.05, 0.1) is 10.6 Å². The molecule has 0 fully saturated rings. The van der Waals surface area contributed by atoms with Crippen LogP contribution in [0.5, 0.6) is 0 Å². The zero-order chi connectivity index (χ0) is 15.1. The van der Waals surface area contributed by atoms with Crippen LogP contribution in [0.15, 0.2) is 4.90 Å². The number of nitrogens with zero attached hydrogens (tertiary/aromatic N) is 1. The molecule has 0 spiro atoms. The van der Waals surface area contributed by atoms with Gasteiger partial charge in [-0.05, 0) is 25.8 Å². The number of hydrogen-bond acceptors (Lipinski definition) is 6. The Morgan fingerprint density at radius 2 is 2.10 bits per heavy atom. The highest BCUT2D eigenvalue weighted by Gasteiger charge is 2.18. The van der Waals surface area contributed by atoms with Gasteiger partial charge in [-0.1, -0.05) is 13.8 Å². The van der Waals surface area contributed by atoms with Crippen LogP contribution in [0.2, 0.25) is 0 Å². The summed E-state index contributed by atoms with van der Waals surface area (Å²) in [7, 11) is 0. The van der Waals surface area contributed by atoms with Gasteiger partial charge in [0.15, 0.2) is 0 Å². The Balaban J connectivity index is 2.68. The summed E-state index contributed by atoms with van der Waals surface area (Å²) < 4.78 is 0. The van der Waals surface area contributed by atoms with Crippen molar-refractivity contribution in [3.8, 4) is 0 Å². The number of rotatable bonds is 9. The van der Waals surface area contributed by atoms with E-state index < -0.39 is 5.91 Å². The van der Waals surface area contributed by atoms with E-state index in [4.69, 9.17) is 11.5 Å². The first-order valence-corrected chi connectivity index (χ1v) is 8.81. The summed E-state index contributed by atoms with van der Waals surface area (Å²) in [6.07, 6.45) is 3.10. The first-order chi connectivity index (χ1) is 9.54. The van der Waals surface area contributed by atoms with Gasteiger partial charge in [0.25, 0.3) is 5.91 Å². The Morgan fingerprint density at radius 3 is 2.60 bits per heavy atom. The standard InChI is InChI=1S/C13H24N4OS2/c1-4-7-17(5-2)8-6-16-13-11(19-3)9(14)10(20-13)12(15)18/h16H,4-8,14H2,1-3H3,(H2,15,18). The van der Waals surface area contributed by atoms with E-state index in [1.807, 2.05) is 6.26 Å². The van der Waals surface area contributed by atoms with Crippen LogP contribution in [-0.2, 0) is 0 Å². The van der Waals surface area contributed by atoms with Crippen molar-refractivity contribution in [2.24, 2.45) is 5.73 Å². The van der Waals surface area contributed by atoms with Crippen molar-refractivity contribution in [3.63, 3.8) is 0 Å². The molecule has 0 bridgehead atoms. The molecule has 0 aliphatic rings. The minimum Gasteiger partial charge on any atom is -0.396 e. The number of nitrogens with one attached hydrogen (secondary N) is 1. The summed E-state index contributed by atoms with van der Waals surface area (Å²) in [5.74, 6) is -0.461. The highest BCUT2D eigenvalue weighted by atomic mass is 32.2. The number of hydrogen-bond donors (Lipinski definition) is 3. The molecule has 0 saturated heterocycles. The minimum absolute atomic E-state index is 0.442. The van der Waals surface area contributed by atoms with E-state index in [1.54, 1.807) is 0 Å². The molecule has 1 aromatic heterocycles. The van der Waals surface area contributed by atoms with Crippen molar-refractivity contribution in [3.05, 3.63) is 4.88 Å². The molecule has 0 aliphatic heterocycles. The van der Waals surface area contributed by atoms with Gasteiger partial charge < -0.3 is 21.7 Å². The molecule has 0 atom stereocenters. The maximum atomic E-state index is 11.3. The fourth-order valence-corrected chi connectivity index (χ4v) is 3.92. The Kier molecular flexibility index (Phi) is 7.18. The van der Waals surface area contributed by atoms with E-state index >= 15 is 0 Å². The van der Waals surface area contributed by atoms with Crippen molar-refractivity contribution in [1.82, 2.24) is 4.90 Å². The SMILES string of the molecule is CCCN(CC)CCNc1sc(C(N)=O)c(N)c1SC. The second kappa shape index (κ2) is 8.39. The first-order valence-electron chi connectivity index (χ1n) is 6.77. The highest BCUT2D eigenvalue weighted by molar-refractivity contribution is 7.99. The van der Waals surface area contributed by atoms with Crippen LogP contribution < -0.4 is 16.8 Å². The molecule has 114 valence electrons. The summed E-state index contributed by atoms with van der Waals surface area (Å²) >= 11 is 2.88. The molecule has 0 unspecified atom stereocenters. The third-order valence-electron chi connectivity index (χ3n) is 3.03. The maximum Gasteiger partial charge on any atom is 0.261 e. The molecule has 0 aliphatic carbocycles. The number of amides is 1. The fourth-order valence-electron chi connectivity index (χ4n) is 2.00. The lowest BCUT2D eigenvalue weighted by atomic mass is 10.3. The molecular formula is C13H24N4OS2. The van der Waals surface area contributed by atoms with Gasteiger partial charge in [-0.3, -0.25) is 4.79 Å². The number of anilines is 2.